The number of hydrogen-bond acceptors (Lipinski definition) is 7. The molecule has 4 rings (SSSR count). The monoisotopic (exact) mass is 393 g/mol. The van der Waals surface area contributed by atoms with Gasteiger partial charge in [-0.05, 0) is 38.3 Å². The first kappa shape index (κ1) is 19.4. The molecule has 2 aromatic heterocycles. The molecule has 7 nitrogen and oxygen atoms in total. The van der Waals surface area contributed by atoms with Crippen LogP contribution in [0.5, 0.6) is 0 Å². The SMILES string of the molecule is Cc1ccc(-c2nc(CCNc3cc(N4CCCCC4CO)ncn3)co2)cc1. The average Bonchev–Trinajstić information content (AvgIpc) is 3.23. The second-order valence-electron chi connectivity index (χ2n) is 7.47. The Morgan fingerprint density at radius 3 is 2.90 bits per heavy atom. The lowest BCUT2D eigenvalue weighted by Crippen LogP contribution is -2.42. The van der Waals surface area contributed by atoms with Crippen molar-refractivity contribution < 1.29 is 9.52 Å². The van der Waals surface area contributed by atoms with Gasteiger partial charge in [0.1, 0.15) is 24.2 Å². The molecule has 3 aromatic rings. The number of aliphatic hydroxyl groups excluding tert-OH is 1. The molecule has 0 radical (unpaired) electrons. The van der Waals surface area contributed by atoms with E-state index in [4.69, 9.17) is 4.42 Å². The summed E-state index contributed by atoms with van der Waals surface area (Å²) < 4.78 is 5.62. The van der Waals surface area contributed by atoms with Gasteiger partial charge in [-0.3, -0.25) is 0 Å². The molecule has 1 aromatic carbocycles. The van der Waals surface area contributed by atoms with Gasteiger partial charge in [-0.2, -0.15) is 0 Å². The van der Waals surface area contributed by atoms with E-state index in [0.717, 1.165) is 55.1 Å². The minimum atomic E-state index is 0.141. The fourth-order valence-corrected chi connectivity index (χ4v) is 3.66. The highest BCUT2D eigenvalue weighted by Gasteiger charge is 2.23. The first-order valence-corrected chi connectivity index (χ1v) is 10.2. The molecular formula is C22H27N5O2. The van der Waals surface area contributed by atoms with Crippen molar-refractivity contribution in [2.24, 2.45) is 0 Å². The van der Waals surface area contributed by atoms with Crippen molar-refractivity contribution in [2.45, 2.75) is 38.6 Å². The number of rotatable bonds is 7. The highest BCUT2D eigenvalue weighted by atomic mass is 16.3. The average molecular weight is 393 g/mol. The predicted octanol–water partition coefficient (Wildman–Crippen LogP) is 3.45. The van der Waals surface area contributed by atoms with Crippen molar-refractivity contribution in [3.8, 4) is 11.5 Å². The highest BCUT2D eigenvalue weighted by Crippen LogP contribution is 2.24. The number of oxazole rings is 1. The standard InChI is InChI=1S/C22H27N5O2/c1-16-5-7-17(8-6-16)22-26-18(14-29-22)9-10-23-20-12-21(25-15-24-20)27-11-3-2-4-19(27)13-28/h5-8,12,14-15,19,28H,2-4,9-11,13H2,1H3,(H,23,24,25). The molecule has 1 unspecified atom stereocenters. The molecule has 2 N–H and O–H groups in total. The fourth-order valence-electron chi connectivity index (χ4n) is 3.66. The minimum Gasteiger partial charge on any atom is -0.444 e. The van der Waals surface area contributed by atoms with Crippen LogP contribution in [0.25, 0.3) is 11.5 Å². The summed E-state index contributed by atoms with van der Waals surface area (Å²) >= 11 is 0. The van der Waals surface area contributed by atoms with E-state index in [1.165, 1.54) is 5.56 Å². The van der Waals surface area contributed by atoms with Crippen LogP contribution in [0.1, 0.15) is 30.5 Å². The zero-order valence-corrected chi connectivity index (χ0v) is 16.7. The molecule has 3 heterocycles. The summed E-state index contributed by atoms with van der Waals surface area (Å²) in [5.41, 5.74) is 3.10. The molecule has 0 aliphatic carbocycles. The molecule has 1 atom stereocenters. The molecule has 0 saturated carbocycles. The highest BCUT2D eigenvalue weighted by molar-refractivity contribution is 5.53. The van der Waals surface area contributed by atoms with Crippen LogP contribution in [0, 0.1) is 6.92 Å². The first-order valence-electron chi connectivity index (χ1n) is 10.2. The molecule has 0 amide bonds. The number of piperidine rings is 1. The summed E-state index contributed by atoms with van der Waals surface area (Å²) in [6.45, 7) is 3.83. The van der Waals surface area contributed by atoms with E-state index in [9.17, 15) is 5.11 Å². The van der Waals surface area contributed by atoms with Crippen LogP contribution >= 0.6 is 0 Å². The molecule has 1 aliphatic heterocycles. The summed E-state index contributed by atoms with van der Waals surface area (Å²) in [6.07, 6.45) is 7.30. The lowest BCUT2D eigenvalue weighted by molar-refractivity contribution is 0.239. The maximum absolute atomic E-state index is 9.64. The van der Waals surface area contributed by atoms with Crippen molar-refractivity contribution in [1.82, 2.24) is 15.0 Å². The van der Waals surface area contributed by atoms with Gasteiger partial charge in [0.25, 0.3) is 0 Å². The maximum Gasteiger partial charge on any atom is 0.226 e. The van der Waals surface area contributed by atoms with Crippen LogP contribution in [0.3, 0.4) is 0 Å². The predicted molar refractivity (Wildman–Crippen MR) is 113 cm³/mol. The van der Waals surface area contributed by atoms with Gasteiger partial charge < -0.3 is 19.7 Å². The van der Waals surface area contributed by atoms with Gasteiger partial charge in [-0.15, -0.1) is 0 Å². The third-order valence-electron chi connectivity index (χ3n) is 5.32. The van der Waals surface area contributed by atoms with Gasteiger partial charge in [-0.25, -0.2) is 15.0 Å². The van der Waals surface area contributed by atoms with Crippen molar-refractivity contribution in [2.75, 3.05) is 29.9 Å². The third kappa shape index (κ3) is 4.74. The second-order valence-corrected chi connectivity index (χ2v) is 7.47. The number of anilines is 2. The Kier molecular flexibility index (Phi) is 6.05. The summed E-state index contributed by atoms with van der Waals surface area (Å²) in [5, 5.41) is 13.0. The Labute approximate surface area is 170 Å². The van der Waals surface area contributed by atoms with Crippen molar-refractivity contribution >= 4 is 11.6 Å². The molecule has 0 bridgehead atoms. The number of aliphatic hydroxyl groups is 1. The van der Waals surface area contributed by atoms with Gasteiger partial charge in [0.15, 0.2) is 0 Å². The third-order valence-corrected chi connectivity index (χ3v) is 5.32. The number of aromatic nitrogens is 3. The van der Waals surface area contributed by atoms with Crippen LogP contribution in [0.15, 0.2) is 47.3 Å². The van der Waals surface area contributed by atoms with Gasteiger partial charge >= 0.3 is 0 Å². The number of nitrogens with zero attached hydrogens (tertiary/aromatic N) is 4. The van der Waals surface area contributed by atoms with E-state index in [2.05, 4.69) is 44.2 Å². The van der Waals surface area contributed by atoms with Gasteiger partial charge in [0.05, 0.1) is 18.3 Å². The number of nitrogens with one attached hydrogen (secondary N) is 1. The zero-order valence-electron chi connectivity index (χ0n) is 16.7. The van der Waals surface area contributed by atoms with Crippen LogP contribution in [-0.2, 0) is 6.42 Å². The molecule has 1 saturated heterocycles. The summed E-state index contributed by atoms with van der Waals surface area (Å²) in [7, 11) is 0. The molecule has 152 valence electrons. The largest absolute Gasteiger partial charge is 0.444 e. The van der Waals surface area contributed by atoms with E-state index >= 15 is 0 Å². The summed E-state index contributed by atoms with van der Waals surface area (Å²) in [5.74, 6) is 2.29. The first-order chi connectivity index (χ1) is 14.2. The fraction of sp³-hybridized carbons (Fsp3) is 0.409. The van der Waals surface area contributed by atoms with Crippen LogP contribution in [0.2, 0.25) is 0 Å². The van der Waals surface area contributed by atoms with E-state index in [1.807, 2.05) is 18.2 Å². The summed E-state index contributed by atoms with van der Waals surface area (Å²) in [4.78, 5) is 15.5. The second kappa shape index (κ2) is 9.05. The lowest BCUT2D eigenvalue weighted by atomic mass is 10.0. The van der Waals surface area contributed by atoms with E-state index in [-0.39, 0.29) is 12.6 Å². The molecule has 7 heteroatoms. The van der Waals surface area contributed by atoms with Crippen LogP contribution in [-0.4, -0.2) is 45.8 Å². The summed E-state index contributed by atoms with van der Waals surface area (Å²) in [6, 6.07) is 10.2. The number of benzene rings is 1. The van der Waals surface area contributed by atoms with Crippen LogP contribution in [0.4, 0.5) is 11.6 Å². The van der Waals surface area contributed by atoms with Crippen molar-refractivity contribution in [3.63, 3.8) is 0 Å². The number of aryl methyl sites for hydroxylation is 1. The molecule has 1 fully saturated rings. The van der Waals surface area contributed by atoms with Gasteiger partial charge in [-0.1, -0.05) is 17.7 Å². The lowest BCUT2D eigenvalue weighted by Gasteiger charge is -2.35. The Balaban J connectivity index is 1.35. The van der Waals surface area contributed by atoms with E-state index in [1.54, 1.807) is 12.6 Å². The molecule has 29 heavy (non-hydrogen) atoms. The Hall–Kier alpha value is -2.93. The topological polar surface area (TPSA) is 87.3 Å². The van der Waals surface area contributed by atoms with Crippen LogP contribution < -0.4 is 10.2 Å². The van der Waals surface area contributed by atoms with E-state index < -0.39 is 0 Å². The minimum absolute atomic E-state index is 0.141. The van der Waals surface area contributed by atoms with E-state index in [0.29, 0.717) is 12.4 Å². The smallest absolute Gasteiger partial charge is 0.226 e. The maximum atomic E-state index is 9.64. The number of hydrogen-bond donors (Lipinski definition) is 2. The van der Waals surface area contributed by atoms with Gasteiger partial charge in [0.2, 0.25) is 5.89 Å². The quantitative estimate of drug-likeness (QED) is 0.636. The molecular weight excluding hydrogens is 366 g/mol. The Bertz CT molecular complexity index is 925. The Morgan fingerprint density at radius 2 is 2.07 bits per heavy atom. The van der Waals surface area contributed by atoms with Crippen molar-refractivity contribution in [3.05, 3.63) is 54.2 Å². The molecule has 1 aliphatic rings. The normalized spacial score (nSPS) is 16.8. The Morgan fingerprint density at radius 1 is 1.21 bits per heavy atom. The molecule has 0 spiro atoms. The van der Waals surface area contributed by atoms with Crippen molar-refractivity contribution in [1.29, 1.82) is 0 Å². The van der Waals surface area contributed by atoms with Gasteiger partial charge in [0, 0.05) is 31.1 Å². The zero-order chi connectivity index (χ0) is 20.1.